The Labute approximate surface area is 80.9 Å². The fourth-order valence-corrected chi connectivity index (χ4v) is 0.957. The van der Waals surface area contributed by atoms with Crippen molar-refractivity contribution in [3.63, 3.8) is 0 Å². The average Bonchev–Trinajstić information content (AvgIpc) is 2.15. The van der Waals surface area contributed by atoms with Gasteiger partial charge < -0.3 is 0 Å². The molecular formula is C7H4F3N3O2+2. The van der Waals surface area contributed by atoms with E-state index in [1.807, 2.05) is 0 Å². The highest BCUT2D eigenvalue weighted by molar-refractivity contribution is 5.57. The summed E-state index contributed by atoms with van der Waals surface area (Å²) in [5.41, 5.74) is -2.64. The molecule has 15 heavy (non-hydrogen) atoms. The zero-order valence-corrected chi connectivity index (χ0v) is 7.06. The predicted molar refractivity (Wildman–Crippen MR) is 41.3 cm³/mol. The van der Waals surface area contributed by atoms with Gasteiger partial charge in [0.2, 0.25) is 5.39 Å². The van der Waals surface area contributed by atoms with Gasteiger partial charge in [-0.15, -0.1) is 0 Å². The molecule has 0 radical (unpaired) electrons. The molecule has 0 aliphatic rings. The molecule has 0 aliphatic carbocycles. The van der Waals surface area contributed by atoms with E-state index in [-0.39, 0.29) is 0 Å². The second kappa shape index (κ2) is 3.53. The Hall–Kier alpha value is -2.17. The van der Waals surface area contributed by atoms with Crippen LogP contribution in [0.1, 0.15) is 5.56 Å². The molecule has 0 saturated heterocycles. The van der Waals surface area contributed by atoms with Gasteiger partial charge in [0.1, 0.15) is 0 Å². The van der Waals surface area contributed by atoms with E-state index in [0.717, 1.165) is 12.1 Å². The van der Waals surface area contributed by atoms with Crippen molar-refractivity contribution in [1.29, 1.82) is 5.39 Å². The van der Waals surface area contributed by atoms with Crippen LogP contribution in [0.3, 0.4) is 0 Å². The summed E-state index contributed by atoms with van der Waals surface area (Å²) in [6.07, 6.45) is -4.77. The second-order valence-electron chi connectivity index (χ2n) is 2.57. The first-order chi connectivity index (χ1) is 6.86. The SMILES string of the molecule is N#[N+]c1ccc([N+](=O)O)cc1C(F)(F)F. The van der Waals surface area contributed by atoms with Gasteiger partial charge in [-0.25, -0.2) is 5.21 Å². The van der Waals surface area contributed by atoms with Crippen molar-refractivity contribution in [1.82, 2.24) is 0 Å². The van der Waals surface area contributed by atoms with Gasteiger partial charge >= 0.3 is 17.6 Å². The van der Waals surface area contributed by atoms with Crippen molar-refractivity contribution in [2.75, 3.05) is 0 Å². The first-order valence-electron chi connectivity index (χ1n) is 3.58. The molecule has 0 fully saturated rings. The molecule has 1 N–H and O–H groups in total. The lowest BCUT2D eigenvalue weighted by Crippen LogP contribution is -2.06. The van der Waals surface area contributed by atoms with Crippen LogP contribution in [0.5, 0.6) is 0 Å². The zero-order chi connectivity index (χ0) is 11.6. The summed E-state index contributed by atoms with van der Waals surface area (Å²) in [7, 11) is 0. The number of alkyl halides is 3. The molecule has 8 heteroatoms. The number of hydrogen-bond acceptors (Lipinski definition) is 2. The van der Waals surface area contributed by atoms with Crippen molar-refractivity contribution >= 4 is 11.4 Å². The molecular weight excluding hydrogens is 215 g/mol. The van der Waals surface area contributed by atoms with Crippen LogP contribution < -0.4 is 0 Å². The van der Waals surface area contributed by atoms with E-state index in [4.69, 9.17) is 10.6 Å². The summed E-state index contributed by atoms with van der Waals surface area (Å²) in [6, 6.07) is 2.03. The Balaban J connectivity index is 3.40. The topological polar surface area (TPSA) is 68.5 Å². The normalized spacial score (nSPS) is 10.8. The molecule has 1 rings (SSSR count). The monoisotopic (exact) mass is 219 g/mol. The van der Waals surface area contributed by atoms with Crippen molar-refractivity contribution in [3.05, 3.63) is 33.6 Å². The fourth-order valence-electron chi connectivity index (χ4n) is 0.957. The minimum absolute atomic E-state index is 0.377. The summed E-state index contributed by atoms with van der Waals surface area (Å²) < 4.78 is 36.9. The first-order valence-corrected chi connectivity index (χ1v) is 3.58. The molecule has 1 aromatic rings. The van der Waals surface area contributed by atoms with E-state index in [1.54, 1.807) is 0 Å². The average molecular weight is 219 g/mol. The molecule has 5 nitrogen and oxygen atoms in total. The predicted octanol–water partition coefficient (Wildman–Crippen LogP) is 2.99. The Bertz CT molecular complexity index is 450. The Morgan fingerprint density at radius 2 is 2.00 bits per heavy atom. The fraction of sp³-hybridized carbons (Fsp3) is 0.143. The smallest absolute Gasteiger partial charge is 0.241 e. The third-order valence-electron chi connectivity index (χ3n) is 1.61. The highest BCUT2D eigenvalue weighted by atomic mass is 19.4. The van der Waals surface area contributed by atoms with Gasteiger partial charge in [-0.2, -0.15) is 13.2 Å². The van der Waals surface area contributed by atoms with Crippen LogP contribution in [-0.2, 0) is 6.18 Å². The van der Waals surface area contributed by atoms with E-state index in [1.165, 1.54) is 0 Å². The minimum atomic E-state index is -4.77. The number of hydrogen-bond donors (Lipinski definition) is 1. The summed E-state index contributed by atoms with van der Waals surface area (Å²) in [5, 5.41) is 16.7. The molecule has 0 bridgehead atoms. The number of benzene rings is 1. The molecule has 1 aromatic carbocycles. The summed E-state index contributed by atoms with van der Waals surface area (Å²) in [6.45, 7) is 0. The minimum Gasteiger partial charge on any atom is -0.241 e. The highest BCUT2D eigenvalue weighted by Gasteiger charge is 2.40. The van der Waals surface area contributed by atoms with Crippen LogP contribution in [-0.4, -0.2) is 10.1 Å². The highest BCUT2D eigenvalue weighted by Crippen LogP contribution is 2.38. The van der Waals surface area contributed by atoms with Crippen LogP contribution in [0.25, 0.3) is 4.98 Å². The molecule has 0 atom stereocenters. The van der Waals surface area contributed by atoms with Gasteiger partial charge in [0, 0.05) is 18.2 Å². The van der Waals surface area contributed by atoms with Gasteiger partial charge in [0.25, 0.3) is 4.92 Å². The number of rotatable bonds is 1. The van der Waals surface area contributed by atoms with Gasteiger partial charge in [0.15, 0.2) is 10.5 Å². The molecule has 0 amide bonds. The Kier molecular flexibility index (Phi) is 2.57. The molecule has 0 heterocycles. The van der Waals surface area contributed by atoms with Gasteiger partial charge in [0.05, 0.1) is 4.91 Å². The Morgan fingerprint density at radius 3 is 2.40 bits per heavy atom. The maximum Gasteiger partial charge on any atom is 0.424 e. The van der Waals surface area contributed by atoms with E-state index < -0.39 is 28.0 Å². The van der Waals surface area contributed by atoms with Crippen LogP contribution >= 0.6 is 0 Å². The lowest BCUT2D eigenvalue weighted by molar-refractivity contribution is -0.729. The number of diazo groups is 1. The molecule has 78 valence electrons. The van der Waals surface area contributed by atoms with Crippen molar-refractivity contribution in [2.24, 2.45) is 0 Å². The summed E-state index contributed by atoms with van der Waals surface area (Å²) >= 11 is 0. The van der Waals surface area contributed by atoms with Gasteiger partial charge in [-0.3, -0.25) is 0 Å². The van der Waals surface area contributed by atoms with Crippen molar-refractivity contribution in [3.8, 4) is 0 Å². The van der Waals surface area contributed by atoms with Crippen LogP contribution in [0.2, 0.25) is 0 Å². The first kappa shape index (κ1) is 10.9. The van der Waals surface area contributed by atoms with Gasteiger partial charge in [-0.05, 0) is 0 Å². The van der Waals surface area contributed by atoms with Crippen LogP contribution in [0, 0.1) is 10.3 Å². The molecule has 0 aliphatic heterocycles. The van der Waals surface area contributed by atoms with E-state index in [0.29, 0.717) is 6.07 Å². The summed E-state index contributed by atoms with van der Waals surface area (Å²) in [4.78, 5) is 12.0. The molecule has 0 aromatic heterocycles. The van der Waals surface area contributed by atoms with E-state index in [2.05, 4.69) is 4.98 Å². The Morgan fingerprint density at radius 1 is 1.40 bits per heavy atom. The molecule has 0 saturated carbocycles. The maximum absolute atomic E-state index is 12.3. The summed E-state index contributed by atoms with van der Waals surface area (Å²) in [5.74, 6) is 0. The van der Waals surface area contributed by atoms with Crippen molar-refractivity contribution in [2.45, 2.75) is 6.18 Å². The lowest BCUT2D eigenvalue weighted by Gasteiger charge is -2.01. The van der Waals surface area contributed by atoms with E-state index in [9.17, 15) is 18.1 Å². The zero-order valence-electron chi connectivity index (χ0n) is 7.06. The van der Waals surface area contributed by atoms with Gasteiger partial charge in [-0.1, -0.05) is 0 Å². The quantitative estimate of drug-likeness (QED) is 0.583. The second-order valence-corrected chi connectivity index (χ2v) is 2.57. The number of halogens is 3. The van der Waals surface area contributed by atoms with Crippen molar-refractivity contribution < 1.29 is 23.3 Å². The standard InChI is InChI=1S/C7H4F3N3O2/c8-7(9,10)5-3-4(13(14)15)1-2-6(5)12-11/h1-3H,(H,14,15)/q+2. The lowest BCUT2D eigenvalue weighted by atomic mass is 10.1. The molecule has 0 unspecified atom stereocenters. The largest absolute Gasteiger partial charge is 0.424 e. The molecule has 0 spiro atoms. The number of nitrogens with zero attached hydrogens (tertiary/aromatic N) is 3. The maximum atomic E-state index is 12.3. The third kappa shape index (κ3) is 2.19. The van der Waals surface area contributed by atoms with Crippen LogP contribution in [0.4, 0.5) is 24.5 Å². The third-order valence-corrected chi connectivity index (χ3v) is 1.61. The van der Waals surface area contributed by atoms with E-state index >= 15 is 0 Å². The van der Waals surface area contributed by atoms with Crippen LogP contribution in [0.15, 0.2) is 18.2 Å².